The minimum atomic E-state index is -0.0837. The zero-order valence-electron chi connectivity index (χ0n) is 9.29. The summed E-state index contributed by atoms with van der Waals surface area (Å²) in [5.74, 6) is -0.0837. The summed E-state index contributed by atoms with van der Waals surface area (Å²) in [7, 11) is 0. The fraction of sp³-hybridized carbons (Fsp3) is 0.0769. The highest BCUT2D eigenvalue weighted by Crippen LogP contribution is 2.20. The van der Waals surface area contributed by atoms with Crippen LogP contribution >= 0.6 is 0 Å². The van der Waals surface area contributed by atoms with Crippen molar-refractivity contribution >= 4 is 5.65 Å². The van der Waals surface area contributed by atoms with Crippen molar-refractivity contribution in [3.8, 4) is 17.1 Å². The molecule has 0 aliphatic carbocycles. The second-order valence-corrected chi connectivity index (χ2v) is 3.87. The predicted molar refractivity (Wildman–Crippen MR) is 62.6 cm³/mol. The summed E-state index contributed by atoms with van der Waals surface area (Å²) in [4.78, 5) is 8.44. The number of imidazole rings is 1. The van der Waals surface area contributed by atoms with E-state index in [1.807, 2.05) is 30.3 Å². The van der Waals surface area contributed by atoms with Crippen LogP contribution in [0, 0.1) is 6.92 Å². The lowest BCUT2D eigenvalue weighted by Crippen LogP contribution is -1.98. The van der Waals surface area contributed by atoms with E-state index in [-0.39, 0.29) is 5.88 Å². The van der Waals surface area contributed by atoms with Gasteiger partial charge in [-0.15, -0.1) is 0 Å². The second kappa shape index (κ2) is 3.59. The van der Waals surface area contributed by atoms with Crippen LogP contribution in [0.1, 0.15) is 5.69 Å². The van der Waals surface area contributed by atoms with Crippen molar-refractivity contribution in [3.63, 3.8) is 0 Å². The molecule has 0 fully saturated rings. The Morgan fingerprint density at radius 3 is 2.71 bits per heavy atom. The van der Waals surface area contributed by atoms with E-state index in [0.29, 0.717) is 11.3 Å². The molecule has 17 heavy (non-hydrogen) atoms. The number of aryl methyl sites for hydroxylation is 1. The molecule has 2 heterocycles. The molecule has 2 aromatic heterocycles. The van der Waals surface area contributed by atoms with Crippen LogP contribution in [0.3, 0.4) is 0 Å². The largest absolute Gasteiger partial charge is 0.858 e. The zero-order valence-corrected chi connectivity index (χ0v) is 9.29. The first-order valence-electron chi connectivity index (χ1n) is 5.33. The van der Waals surface area contributed by atoms with Crippen molar-refractivity contribution in [2.75, 3.05) is 0 Å². The van der Waals surface area contributed by atoms with Crippen LogP contribution in [0.5, 0.6) is 5.88 Å². The summed E-state index contributed by atoms with van der Waals surface area (Å²) >= 11 is 0. The molecule has 0 saturated carbocycles. The third kappa shape index (κ3) is 1.54. The molecule has 4 heteroatoms. The molecule has 0 N–H and O–H groups in total. The van der Waals surface area contributed by atoms with Crippen molar-refractivity contribution in [3.05, 3.63) is 48.4 Å². The maximum atomic E-state index is 11.8. The van der Waals surface area contributed by atoms with Gasteiger partial charge in [-0.2, -0.15) is 0 Å². The van der Waals surface area contributed by atoms with E-state index in [1.54, 1.807) is 19.3 Å². The van der Waals surface area contributed by atoms with E-state index in [0.717, 1.165) is 11.3 Å². The molecule has 0 bridgehead atoms. The Morgan fingerprint density at radius 2 is 1.94 bits per heavy atom. The van der Waals surface area contributed by atoms with Crippen molar-refractivity contribution in [2.45, 2.75) is 6.92 Å². The minimum Gasteiger partial charge on any atom is -0.858 e. The zero-order chi connectivity index (χ0) is 11.8. The van der Waals surface area contributed by atoms with Gasteiger partial charge in [0, 0.05) is 17.5 Å². The molecule has 0 saturated heterocycles. The van der Waals surface area contributed by atoms with E-state index in [1.165, 1.54) is 4.40 Å². The Labute approximate surface area is 98.2 Å². The topological polar surface area (TPSA) is 53.2 Å². The molecule has 0 radical (unpaired) electrons. The lowest BCUT2D eigenvalue weighted by Gasteiger charge is -2.07. The van der Waals surface area contributed by atoms with Crippen LogP contribution in [0.2, 0.25) is 0 Å². The van der Waals surface area contributed by atoms with E-state index in [9.17, 15) is 5.11 Å². The van der Waals surface area contributed by atoms with E-state index in [2.05, 4.69) is 9.97 Å². The first-order valence-corrected chi connectivity index (χ1v) is 5.33. The Kier molecular flexibility index (Phi) is 2.08. The number of nitrogens with zero attached hydrogens (tertiary/aromatic N) is 3. The Bertz CT molecular complexity index is 674. The van der Waals surface area contributed by atoms with Crippen LogP contribution < -0.4 is 5.11 Å². The molecular weight excluding hydrogens is 214 g/mol. The standard InChI is InChI=1S/C13H11N3O/c1-9-13(17)16-8-11(14-7-12(16)15-9)10-5-3-2-4-6-10/h2-8,17H,1H3/p-1. The highest BCUT2D eigenvalue weighted by Gasteiger charge is 2.04. The molecule has 3 aromatic rings. The molecule has 84 valence electrons. The average molecular weight is 224 g/mol. The molecular formula is C13H10N3O-. The third-order valence-electron chi connectivity index (χ3n) is 2.70. The summed E-state index contributed by atoms with van der Waals surface area (Å²) in [6, 6.07) is 9.75. The number of hydrogen-bond donors (Lipinski definition) is 0. The summed E-state index contributed by atoms with van der Waals surface area (Å²) < 4.78 is 1.53. The highest BCUT2D eigenvalue weighted by atomic mass is 16.3. The van der Waals surface area contributed by atoms with Crippen LogP contribution in [0.4, 0.5) is 0 Å². The van der Waals surface area contributed by atoms with Gasteiger partial charge in [0.05, 0.1) is 11.9 Å². The number of rotatable bonds is 1. The average Bonchev–Trinajstić information content (AvgIpc) is 2.66. The number of hydrogen-bond acceptors (Lipinski definition) is 3. The third-order valence-corrected chi connectivity index (χ3v) is 2.70. The fourth-order valence-corrected chi connectivity index (χ4v) is 1.81. The van der Waals surface area contributed by atoms with Crippen molar-refractivity contribution in [1.29, 1.82) is 0 Å². The van der Waals surface area contributed by atoms with Crippen LogP contribution in [0.15, 0.2) is 42.7 Å². The number of fused-ring (bicyclic) bond motifs is 1. The molecule has 0 unspecified atom stereocenters. The summed E-state index contributed by atoms with van der Waals surface area (Å²) in [6.07, 6.45) is 3.35. The van der Waals surface area contributed by atoms with Gasteiger partial charge in [-0.05, 0) is 12.8 Å². The van der Waals surface area contributed by atoms with Crippen LogP contribution in [-0.4, -0.2) is 14.4 Å². The maximum absolute atomic E-state index is 11.8. The normalized spacial score (nSPS) is 10.9. The van der Waals surface area contributed by atoms with E-state index in [4.69, 9.17) is 0 Å². The van der Waals surface area contributed by atoms with Crippen LogP contribution in [0.25, 0.3) is 16.9 Å². The van der Waals surface area contributed by atoms with Gasteiger partial charge in [-0.3, -0.25) is 4.98 Å². The van der Waals surface area contributed by atoms with Gasteiger partial charge in [-0.1, -0.05) is 30.3 Å². The van der Waals surface area contributed by atoms with Gasteiger partial charge in [0.25, 0.3) is 0 Å². The Balaban J connectivity index is 2.23. The summed E-state index contributed by atoms with van der Waals surface area (Å²) in [5, 5.41) is 11.8. The predicted octanol–water partition coefficient (Wildman–Crippen LogP) is 1.78. The van der Waals surface area contributed by atoms with Gasteiger partial charge < -0.3 is 9.51 Å². The summed E-state index contributed by atoms with van der Waals surface area (Å²) in [6.45, 7) is 1.71. The van der Waals surface area contributed by atoms with E-state index >= 15 is 0 Å². The van der Waals surface area contributed by atoms with Gasteiger partial charge in [0.2, 0.25) is 0 Å². The number of benzene rings is 1. The Morgan fingerprint density at radius 1 is 1.18 bits per heavy atom. The minimum absolute atomic E-state index is 0.0837. The molecule has 0 spiro atoms. The molecule has 0 amide bonds. The smallest absolute Gasteiger partial charge is 0.154 e. The van der Waals surface area contributed by atoms with Crippen molar-refractivity contribution < 1.29 is 5.11 Å². The monoisotopic (exact) mass is 224 g/mol. The second-order valence-electron chi connectivity index (χ2n) is 3.87. The SMILES string of the molecule is Cc1nc2cnc(-c3ccccc3)cn2c1[O-]. The fourth-order valence-electron chi connectivity index (χ4n) is 1.81. The van der Waals surface area contributed by atoms with Gasteiger partial charge >= 0.3 is 0 Å². The maximum Gasteiger partial charge on any atom is 0.154 e. The first-order chi connectivity index (χ1) is 8.25. The van der Waals surface area contributed by atoms with Gasteiger partial charge in [0.1, 0.15) is 0 Å². The van der Waals surface area contributed by atoms with Crippen molar-refractivity contribution in [2.24, 2.45) is 0 Å². The van der Waals surface area contributed by atoms with Crippen LogP contribution in [-0.2, 0) is 0 Å². The van der Waals surface area contributed by atoms with Gasteiger partial charge in [-0.25, -0.2) is 4.98 Å². The highest BCUT2D eigenvalue weighted by molar-refractivity contribution is 5.60. The molecule has 3 rings (SSSR count). The molecule has 0 aliphatic heterocycles. The molecule has 4 nitrogen and oxygen atoms in total. The lowest BCUT2D eigenvalue weighted by molar-refractivity contribution is -0.277. The number of aromatic nitrogens is 3. The summed E-state index contributed by atoms with van der Waals surface area (Å²) in [5.41, 5.74) is 2.84. The molecule has 0 atom stereocenters. The van der Waals surface area contributed by atoms with E-state index < -0.39 is 0 Å². The first kappa shape index (κ1) is 9.84. The molecule has 0 aliphatic rings. The Hall–Kier alpha value is -2.36. The quantitative estimate of drug-likeness (QED) is 0.633. The molecule has 1 aromatic carbocycles. The lowest BCUT2D eigenvalue weighted by atomic mass is 10.2. The van der Waals surface area contributed by atoms with Crippen molar-refractivity contribution in [1.82, 2.24) is 14.4 Å². The van der Waals surface area contributed by atoms with Gasteiger partial charge in [0.15, 0.2) is 5.65 Å².